The lowest BCUT2D eigenvalue weighted by molar-refractivity contribution is -0.192. The maximum atomic E-state index is 10.7. The quantitative estimate of drug-likeness (QED) is 0.648. The molecular weight excluding hydrogens is 251 g/mol. The summed E-state index contributed by atoms with van der Waals surface area (Å²) in [6, 6.07) is 0.119. The van der Waals surface area contributed by atoms with E-state index in [-0.39, 0.29) is 17.5 Å². The highest BCUT2D eigenvalue weighted by Crippen LogP contribution is 2.13. The van der Waals surface area contributed by atoms with E-state index in [4.69, 9.17) is 15.6 Å². The minimum atomic E-state index is -5.08. The van der Waals surface area contributed by atoms with E-state index in [1.165, 1.54) is 0 Å². The van der Waals surface area contributed by atoms with Crippen LogP contribution in [0.25, 0.3) is 0 Å². The van der Waals surface area contributed by atoms with Gasteiger partial charge in [0.15, 0.2) is 0 Å². The van der Waals surface area contributed by atoms with Crippen LogP contribution in [0.15, 0.2) is 0 Å². The SMILES string of the molecule is NC1CCS(=O)(=O)CC1.O=C(O)C(F)(F)F. The standard InChI is InChI=1S/C5H11NO2S.C2HF3O2/c6-5-1-3-9(7,8)4-2-5;3-2(4,5)1(6)7/h5H,1-4,6H2;(H,6,7). The minimum absolute atomic E-state index is 0.119. The van der Waals surface area contributed by atoms with Crippen molar-refractivity contribution in [3.63, 3.8) is 0 Å². The van der Waals surface area contributed by atoms with Crippen molar-refractivity contribution in [2.24, 2.45) is 5.73 Å². The van der Waals surface area contributed by atoms with Crippen molar-refractivity contribution in [3.05, 3.63) is 0 Å². The first-order chi connectivity index (χ1) is 7.04. The van der Waals surface area contributed by atoms with Crippen LogP contribution in [0.4, 0.5) is 13.2 Å². The van der Waals surface area contributed by atoms with Crippen molar-refractivity contribution in [2.75, 3.05) is 11.5 Å². The van der Waals surface area contributed by atoms with Gasteiger partial charge in [0, 0.05) is 6.04 Å². The number of sulfone groups is 1. The lowest BCUT2D eigenvalue weighted by atomic mass is 10.2. The summed E-state index contributed by atoms with van der Waals surface area (Å²) >= 11 is 0. The Hall–Kier alpha value is -0.830. The molecule has 0 aromatic rings. The molecule has 3 N–H and O–H groups in total. The highest BCUT2D eigenvalue weighted by molar-refractivity contribution is 7.91. The maximum absolute atomic E-state index is 10.7. The molecule has 5 nitrogen and oxygen atoms in total. The smallest absolute Gasteiger partial charge is 0.475 e. The molecule has 0 aromatic heterocycles. The summed E-state index contributed by atoms with van der Waals surface area (Å²) in [4.78, 5) is 8.90. The minimum Gasteiger partial charge on any atom is -0.475 e. The zero-order valence-electron chi connectivity index (χ0n) is 8.20. The van der Waals surface area contributed by atoms with Crippen LogP contribution < -0.4 is 5.73 Å². The fraction of sp³-hybridized carbons (Fsp3) is 0.857. The molecule has 1 heterocycles. The average Bonchev–Trinajstić information content (AvgIpc) is 2.10. The van der Waals surface area contributed by atoms with Gasteiger partial charge in [0.1, 0.15) is 9.84 Å². The Labute approximate surface area is 90.3 Å². The molecule has 96 valence electrons. The van der Waals surface area contributed by atoms with Crippen molar-refractivity contribution in [3.8, 4) is 0 Å². The number of aliphatic carboxylic acids is 1. The molecule has 0 unspecified atom stereocenters. The number of hydrogen-bond acceptors (Lipinski definition) is 4. The van der Waals surface area contributed by atoms with Crippen LogP contribution in [0.2, 0.25) is 0 Å². The molecule has 9 heteroatoms. The summed E-state index contributed by atoms with van der Waals surface area (Å²) < 4.78 is 53.2. The third-order valence-corrected chi connectivity index (χ3v) is 3.56. The number of carbonyl (C=O) groups is 1. The van der Waals surface area contributed by atoms with Crippen molar-refractivity contribution in [2.45, 2.75) is 25.1 Å². The van der Waals surface area contributed by atoms with Gasteiger partial charge in [-0.2, -0.15) is 13.2 Å². The molecule has 1 saturated heterocycles. The number of alkyl halides is 3. The Bertz CT molecular complexity index is 324. The lowest BCUT2D eigenvalue weighted by Crippen LogP contribution is -2.32. The van der Waals surface area contributed by atoms with E-state index in [1.807, 2.05) is 0 Å². The number of rotatable bonds is 0. The predicted molar refractivity (Wildman–Crippen MR) is 49.6 cm³/mol. The number of halogens is 3. The average molecular weight is 263 g/mol. The third kappa shape index (κ3) is 6.62. The van der Waals surface area contributed by atoms with E-state index < -0.39 is 22.0 Å². The van der Waals surface area contributed by atoms with Gasteiger partial charge < -0.3 is 10.8 Å². The first kappa shape index (κ1) is 15.2. The lowest BCUT2D eigenvalue weighted by Gasteiger charge is -2.16. The van der Waals surface area contributed by atoms with E-state index in [0.717, 1.165) is 0 Å². The second kappa shape index (κ2) is 5.48. The fourth-order valence-electron chi connectivity index (χ4n) is 0.908. The molecule has 16 heavy (non-hydrogen) atoms. The van der Waals surface area contributed by atoms with E-state index in [9.17, 15) is 21.6 Å². The van der Waals surface area contributed by atoms with Gasteiger partial charge >= 0.3 is 12.1 Å². The summed E-state index contributed by atoms with van der Waals surface area (Å²) in [6.07, 6.45) is -3.80. The molecule has 0 atom stereocenters. The van der Waals surface area contributed by atoms with E-state index >= 15 is 0 Å². The molecule has 0 amide bonds. The largest absolute Gasteiger partial charge is 0.490 e. The first-order valence-electron chi connectivity index (χ1n) is 4.31. The maximum Gasteiger partial charge on any atom is 0.490 e. The van der Waals surface area contributed by atoms with Gasteiger partial charge in [-0.1, -0.05) is 0 Å². The number of carboxylic acid groups (broad SMARTS) is 1. The van der Waals surface area contributed by atoms with Crippen molar-refractivity contribution in [1.29, 1.82) is 0 Å². The van der Waals surface area contributed by atoms with E-state index in [1.54, 1.807) is 0 Å². The molecule has 0 radical (unpaired) electrons. The van der Waals surface area contributed by atoms with Gasteiger partial charge in [-0.15, -0.1) is 0 Å². The van der Waals surface area contributed by atoms with Crippen LogP contribution >= 0.6 is 0 Å². The topological polar surface area (TPSA) is 97.5 Å². The summed E-state index contributed by atoms with van der Waals surface area (Å²) in [5.74, 6) is -2.19. The zero-order chi connectivity index (χ0) is 13.0. The van der Waals surface area contributed by atoms with E-state index in [0.29, 0.717) is 12.8 Å². The normalized spacial score (nSPS) is 20.8. The van der Waals surface area contributed by atoms with Crippen LogP contribution in [0.5, 0.6) is 0 Å². The zero-order valence-corrected chi connectivity index (χ0v) is 9.01. The highest BCUT2D eigenvalue weighted by atomic mass is 32.2. The van der Waals surface area contributed by atoms with Gasteiger partial charge in [-0.3, -0.25) is 0 Å². The van der Waals surface area contributed by atoms with Crippen LogP contribution in [0, 0.1) is 0 Å². The summed E-state index contributed by atoms with van der Waals surface area (Å²) in [7, 11) is -2.70. The molecule has 1 rings (SSSR count). The Morgan fingerprint density at radius 2 is 1.56 bits per heavy atom. The van der Waals surface area contributed by atoms with Gasteiger partial charge in [0.2, 0.25) is 0 Å². The Morgan fingerprint density at radius 1 is 1.25 bits per heavy atom. The molecule has 0 bridgehead atoms. The fourth-order valence-corrected chi connectivity index (χ4v) is 2.44. The third-order valence-electron chi connectivity index (χ3n) is 1.84. The van der Waals surface area contributed by atoms with Crippen LogP contribution in [-0.2, 0) is 14.6 Å². The van der Waals surface area contributed by atoms with Crippen molar-refractivity contribution < 1.29 is 31.5 Å². The molecule has 0 aromatic carbocycles. The number of hydrogen-bond donors (Lipinski definition) is 2. The molecule has 1 fully saturated rings. The molecular formula is C7H12F3NO4S. The van der Waals surface area contributed by atoms with Gasteiger partial charge in [-0.05, 0) is 12.8 Å². The molecule has 1 aliphatic rings. The van der Waals surface area contributed by atoms with Crippen LogP contribution in [0.3, 0.4) is 0 Å². The Kier molecular flexibility index (Phi) is 5.20. The van der Waals surface area contributed by atoms with Crippen molar-refractivity contribution >= 4 is 15.8 Å². The van der Waals surface area contributed by atoms with Gasteiger partial charge in [0.05, 0.1) is 11.5 Å². The molecule has 1 aliphatic heterocycles. The summed E-state index contributed by atoms with van der Waals surface area (Å²) in [6.45, 7) is 0. The summed E-state index contributed by atoms with van der Waals surface area (Å²) in [5.41, 5.74) is 5.49. The molecule has 0 spiro atoms. The monoisotopic (exact) mass is 263 g/mol. The Balaban J connectivity index is 0.000000293. The van der Waals surface area contributed by atoms with E-state index in [2.05, 4.69) is 0 Å². The second-order valence-corrected chi connectivity index (χ2v) is 5.60. The Morgan fingerprint density at radius 3 is 1.75 bits per heavy atom. The molecule has 0 saturated carbocycles. The highest BCUT2D eigenvalue weighted by Gasteiger charge is 2.38. The van der Waals surface area contributed by atoms with Crippen molar-refractivity contribution in [1.82, 2.24) is 0 Å². The van der Waals surface area contributed by atoms with Gasteiger partial charge in [-0.25, -0.2) is 13.2 Å². The molecule has 0 aliphatic carbocycles. The predicted octanol–water partition coefficient (Wildman–Crippen LogP) is 0.156. The van der Waals surface area contributed by atoms with Crippen LogP contribution in [0.1, 0.15) is 12.8 Å². The summed E-state index contributed by atoms with van der Waals surface area (Å²) in [5, 5.41) is 7.12. The second-order valence-electron chi connectivity index (χ2n) is 3.29. The van der Waals surface area contributed by atoms with Crippen LogP contribution in [-0.4, -0.2) is 43.2 Å². The first-order valence-corrected chi connectivity index (χ1v) is 6.13. The number of nitrogens with two attached hydrogens (primary N) is 1. The number of carboxylic acids is 1. The van der Waals surface area contributed by atoms with Gasteiger partial charge in [0.25, 0.3) is 0 Å².